The summed E-state index contributed by atoms with van der Waals surface area (Å²) in [7, 11) is 2.06. The fourth-order valence-electron chi connectivity index (χ4n) is 5.68. The number of esters is 1. The van der Waals surface area contributed by atoms with Gasteiger partial charge in [-0.2, -0.15) is 0 Å². The van der Waals surface area contributed by atoms with Crippen molar-refractivity contribution in [1.29, 1.82) is 0 Å². The summed E-state index contributed by atoms with van der Waals surface area (Å²) < 4.78 is 5.56. The Balaban J connectivity index is 2.10. The summed E-state index contributed by atoms with van der Waals surface area (Å²) in [5.74, 6) is -1.52. The van der Waals surface area contributed by atoms with Gasteiger partial charge in [0.2, 0.25) is 23.6 Å². The van der Waals surface area contributed by atoms with Crippen LogP contribution in [0.1, 0.15) is 85.6 Å². The molecule has 5 N–H and O–H groups in total. The van der Waals surface area contributed by atoms with Crippen LogP contribution in [0.5, 0.6) is 5.75 Å². The van der Waals surface area contributed by atoms with Gasteiger partial charge in [0.15, 0.2) is 0 Å². The van der Waals surface area contributed by atoms with Crippen LogP contribution >= 0.6 is 0 Å². The van der Waals surface area contributed by atoms with E-state index in [1.54, 1.807) is 38.1 Å². The number of carbonyl (C=O) groups is 5. The van der Waals surface area contributed by atoms with E-state index >= 15 is 0 Å². The second-order valence-electron chi connectivity index (χ2n) is 14.2. The Morgan fingerprint density at radius 3 is 2.17 bits per heavy atom. The van der Waals surface area contributed by atoms with Crippen molar-refractivity contribution < 1.29 is 28.7 Å². The number of primary amides is 1. The highest BCUT2D eigenvalue weighted by Crippen LogP contribution is 2.24. The lowest BCUT2D eigenvalue weighted by Gasteiger charge is -2.31. The van der Waals surface area contributed by atoms with Gasteiger partial charge in [-0.05, 0) is 49.4 Å². The molecule has 1 aliphatic rings. The molecule has 12 heteroatoms. The Labute approximate surface area is 287 Å². The van der Waals surface area contributed by atoms with E-state index in [0.29, 0.717) is 38.0 Å². The topological polar surface area (TPSA) is 163 Å². The van der Waals surface area contributed by atoms with Crippen LogP contribution in [0.15, 0.2) is 24.3 Å². The zero-order valence-electron chi connectivity index (χ0n) is 30.2. The van der Waals surface area contributed by atoms with Crippen LogP contribution in [0.4, 0.5) is 0 Å². The third-order valence-corrected chi connectivity index (χ3v) is 9.15. The van der Waals surface area contributed by atoms with Crippen LogP contribution in [-0.4, -0.2) is 97.8 Å². The molecule has 12 nitrogen and oxygen atoms in total. The molecule has 1 aromatic rings. The standard InChI is InChI=1S/C36H60N6O6/c1-8-10-11-12-30(43)39-29(21-27-13-15-28(16-14-27)48-31(44)24-42-19-17-41(7)18-20-42)33(45)40-32(26(4)9-2)34(46)38-23-25(3)22-36(5,6)35(37)47/h13-16,25-26,29,32H,8-12,17-24H2,1-7H3,(H2,37,47)(H,38,46)(H,39,43)(H,40,45). The summed E-state index contributed by atoms with van der Waals surface area (Å²) in [4.78, 5) is 68.6. The number of benzene rings is 1. The van der Waals surface area contributed by atoms with Gasteiger partial charge in [0.05, 0.1) is 6.54 Å². The first kappa shape index (κ1) is 40.7. The second-order valence-corrected chi connectivity index (χ2v) is 14.2. The largest absolute Gasteiger partial charge is 0.426 e. The summed E-state index contributed by atoms with van der Waals surface area (Å²) in [6.45, 7) is 15.4. The lowest BCUT2D eigenvalue weighted by atomic mass is 9.82. The first-order valence-electron chi connectivity index (χ1n) is 17.5. The molecule has 1 heterocycles. The maximum atomic E-state index is 13.7. The predicted octanol–water partition coefficient (Wildman–Crippen LogP) is 2.63. The number of amides is 4. The normalized spacial score (nSPS) is 16.6. The summed E-state index contributed by atoms with van der Waals surface area (Å²) in [5, 5.41) is 8.74. The number of nitrogens with zero attached hydrogens (tertiary/aromatic N) is 2. The monoisotopic (exact) mass is 672 g/mol. The lowest BCUT2D eigenvalue weighted by molar-refractivity contribution is -0.136. The predicted molar refractivity (Wildman–Crippen MR) is 187 cm³/mol. The van der Waals surface area contributed by atoms with Crippen LogP contribution in [0.2, 0.25) is 0 Å². The van der Waals surface area contributed by atoms with E-state index in [2.05, 4.69) is 39.7 Å². The van der Waals surface area contributed by atoms with Gasteiger partial charge in [-0.15, -0.1) is 0 Å². The van der Waals surface area contributed by atoms with E-state index in [0.717, 1.165) is 44.6 Å². The zero-order chi connectivity index (χ0) is 35.9. The number of nitrogens with two attached hydrogens (primary N) is 1. The summed E-state index contributed by atoms with van der Waals surface area (Å²) >= 11 is 0. The molecule has 0 saturated carbocycles. The molecule has 1 fully saturated rings. The van der Waals surface area contributed by atoms with Gasteiger partial charge in [-0.25, -0.2) is 0 Å². The highest BCUT2D eigenvalue weighted by atomic mass is 16.5. The van der Waals surface area contributed by atoms with E-state index in [1.807, 2.05) is 20.8 Å². The Morgan fingerprint density at radius 1 is 0.938 bits per heavy atom. The number of hydrogen-bond acceptors (Lipinski definition) is 8. The summed E-state index contributed by atoms with van der Waals surface area (Å²) in [6, 6.07) is 5.18. The quantitative estimate of drug-likeness (QED) is 0.0934. The minimum absolute atomic E-state index is 0.0195. The van der Waals surface area contributed by atoms with Gasteiger partial charge in [0, 0.05) is 51.0 Å². The minimum atomic E-state index is -0.917. The third-order valence-electron chi connectivity index (χ3n) is 9.15. The number of piperazine rings is 1. The molecule has 4 amide bonds. The van der Waals surface area contributed by atoms with Gasteiger partial charge >= 0.3 is 5.97 Å². The molecule has 1 aromatic carbocycles. The Hall–Kier alpha value is -3.51. The Morgan fingerprint density at radius 2 is 1.58 bits per heavy atom. The molecule has 2 rings (SSSR count). The Kier molecular flexibility index (Phi) is 17.0. The first-order chi connectivity index (χ1) is 22.6. The van der Waals surface area contributed by atoms with E-state index in [4.69, 9.17) is 10.5 Å². The number of rotatable bonds is 20. The van der Waals surface area contributed by atoms with Crippen LogP contribution < -0.4 is 26.4 Å². The van der Waals surface area contributed by atoms with Crippen molar-refractivity contribution in [3.63, 3.8) is 0 Å². The molecule has 4 unspecified atom stereocenters. The summed E-state index contributed by atoms with van der Waals surface area (Å²) in [5.41, 5.74) is 5.58. The number of unbranched alkanes of at least 4 members (excludes halogenated alkanes) is 2. The number of nitrogens with one attached hydrogen (secondary N) is 3. The molecule has 1 aliphatic heterocycles. The third kappa shape index (κ3) is 14.3. The molecular weight excluding hydrogens is 612 g/mol. The van der Waals surface area contributed by atoms with Crippen LogP contribution in [0.25, 0.3) is 0 Å². The second kappa shape index (κ2) is 20.1. The number of ether oxygens (including phenoxy) is 1. The van der Waals surface area contributed by atoms with Gasteiger partial charge < -0.3 is 31.3 Å². The van der Waals surface area contributed by atoms with Crippen molar-refractivity contribution in [2.75, 3.05) is 46.3 Å². The van der Waals surface area contributed by atoms with Crippen molar-refractivity contribution in [3.05, 3.63) is 29.8 Å². The number of carbonyl (C=O) groups excluding carboxylic acids is 5. The number of hydrogen-bond donors (Lipinski definition) is 4. The zero-order valence-corrected chi connectivity index (χ0v) is 30.2. The molecule has 0 aliphatic carbocycles. The highest BCUT2D eigenvalue weighted by Gasteiger charge is 2.31. The van der Waals surface area contributed by atoms with Crippen molar-refractivity contribution >= 4 is 29.6 Å². The maximum absolute atomic E-state index is 13.7. The molecule has 270 valence electrons. The van der Waals surface area contributed by atoms with E-state index < -0.39 is 29.3 Å². The average Bonchev–Trinajstić information content (AvgIpc) is 3.03. The van der Waals surface area contributed by atoms with Crippen molar-refractivity contribution in [2.24, 2.45) is 23.0 Å². The van der Waals surface area contributed by atoms with E-state index in [9.17, 15) is 24.0 Å². The van der Waals surface area contributed by atoms with Crippen molar-refractivity contribution in [3.8, 4) is 5.75 Å². The average molecular weight is 673 g/mol. The Bertz CT molecular complexity index is 1200. The number of likely N-dealkylation sites (N-methyl/N-ethyl adjacent to an activating group) is 1. The smallest absolute Gasteiger partial charge is 0.325 e. The molecule has 0 radical (unpaired) electrons. The molecular formula is C36H60N6O6. The lowest BCUT2D eigenvalue weighted by Crippen LogP contribution is -2.56. The maximum Gasteiger partial charge on any atom is 0.325 e. The summed E-state index contributed by atoms with van der Waals surface area (Å²) in [6.07, 6.45) is 4.23. The van der Waals surface area contributed by atoms with Crippen LogP contribution in [-0.2, 0) is 30.4 Å². The fraction of sp³-hybridized carbons (Fsp3) is 0.694. The first-order valence-corrected chi connectivity index (χ1v) is 17.5. The van der Waals surface area contributed by atoms with Crippen LogP contribution in [0.3, 0.4) is 0 Å². The van der Waals surface area contributed by atoms with Gasteiger partial charge in [-0.3, -0.25) is 28.9 Å². The SMILES string of the molecule is CCCCCC(=O)NC(Cc1ccc(OC(=O)CN2CCN(C)CC2)cc1)C(=O)NC(C(=O)NCC(C)CC(C)(C)C(N)=O)C(C)CC. The van der Waals surface area contributed by atoms with Gasteiger partial charge in [0.25, 0.3) is 0 Å². The minimum Gasteiger partial charge on any atom is -0.426 e. The molecule has 0 bridgehead atoms. The van der Waals surface area contributed by atoms with Crippen molar-refractivity contribution in [2.45, 2.75) is 98.6 Å². The van der Waals surface area contributed by atoms with Crippen molar-refractivity contribution in [1.82, 2.24) is 25.8 Å². The fourth-order valence-corrected chi connectivity index (χ4v) is 5.68. The molecule has 48 heavy (non-hydrogen) atoms. The molecule has 4 atom stereocenters. The highest BCUT2D eigenvalue weighted by molar-refractivity contribution is 5.92. The molecule has 1 saturated heterocycles. The van der Waals surface area contributed by atoms with E-state index in [-0.39, 0.29) is 42.6 Å². The molecule has 0 spiro atoms. The van der Waals surface area contributed by atoms with Gasteiger partial charge in [-0.1, -0.05) is 72.9 Å². The van der Waals surface area contributed by atoms with Crippen LogP contribution in [0, 0.1) is 17.3 Å². The van der Waals surface area contributed by atoms with Gasteiger partial charge in [0.1, 0.15) is 17.8 Å². The van der Waals surface area contributed by atoms with E-state index in [1.165, 1.54) is 0 Å². The molecule has 0 aromatic heterocycles.